The second kappa shape index (κ2) is 8.33. The Morgan fingerprint density at radius 1 is 1.15 bits per heavy atom. The van der Waals surface area contributed by atoms with Crippen LogP contribution in [0.4, 0.5) is 5.69 Å². The fourth-order valence-electron chi connectivity index (χ4n) is 2.42. The average molecular weight is 376 g/mol. The van der Waals surface area contributed by atoms with Gasteiger partial charge in [0.15, 0.2) is 0 Å². The Morgan fingerprint density at radius 2 is 1.81 bits per heavy atom. The van der Waals surface area contributed by atoms with Crippen molar-refractivity contribution in [2.45, 2.75) is 38.1 Å². The summed E-state index contributed by atoms with van der Waals surface area (Å²) in [6.45, 7) is 5.33. The fraction of sp³-hybridized carbons (Fsp3) is 0.316. The Hall–Kier alpha value is -2.38. The molecular formula is C19H24N2O4S. The monoisotopic (exact) mass is 376 g/mol. The van der Waals surface area contributed by atoms with Gasteiger partial charge in [0.25, 0.3) is 0 Å². The molecule has 1 amide bonds. The Labute approximate surface area is 154 Å². The van der Waals surface area contributed by atoms with Crippen LogP contribution in [0.1, 0.15) is 25.0 Å². The van der Waals surface area contributed by atoms with E-state index in [1.54, 1.807) is 31.2 Å². The van der Waals surface area contributed by atoms with Crippen molar-refractivity contribution in [2.24, 2.45) is 0 Å². The Balaban J connectivity index is 2.13. The molecule has 2 aromatic rings. The van der Waals surface area contributed by atoms with Crippen LogP contribution in [0.15, 0.2) is 47.4 Å². The minimum absolute atomic E-state index is 0.00643. The first-order valence-corrected chi connectivity index (χ1v) is 9.82. The molecule has 2 rings (SSSR count). The number of ether oxygens (including phenoxy) is 1. The van der Waals surface area contributed by atoms with E-state index in [1.165, 1.54) is 20.1 Å². The largest absolute Gasteiger partial charge is 0.495 e. The number of benzene rings is 2. The summed E-state index contributed by atoms with van der Waals surface area (Å²) >= 11 is 0. The summed E-state index contributed by atoms with van der Waals surface area (Å²) in [4.78, 5) is 12.3. The topological polar surface area (TPSA) is 84.5 Å². The summed E-state index contributed by atoms with van der Waals surface area (Å²) in [6.07, 6.45) is 0.906. The van der Waals surface area contributed by atoms with Crippen LogP contribution in [-0.2, 0) is 21.2 Å². The van der Waals surface area contributed by atoms with Crippen molar-refractivity contribution < 1.29 is 17.9 Å². The van der Waals surface area contributed by atoms with Crippen LogP contribution in [0, 0.1) is 6.92 Å². The molecule has 7 heteroatoms. The van der Waals surface area contributed by atoms with Gasteiger partial charge in [0, 0.05) is 5.69 Å². The van der Waals surface area contributed by atoms with Gasteiger partial charge in [-0.25, -0.2) is 8.42 Å². The number of hydrogen-bond donors (Lipinski definition) is 2. The standard InChI is InChI=1S/C19H24N2O4S/c1-5-15-7-9-16(10-8-15)20-19(22)14(3)21-26(23,24)18-12-13(2)6-11-17(18)25-4/h6-12,14,21H,5H2,1-4H3,(H,20,22)/t14-/m0/s1. The van der Waals surface area contributed by atoms with E-state index >= 15 is 0 Å². The van der Waals surface area contributed by atoms with Crippen molar-refractivity contribution in [3.8, 4) is 5.75 Å². The smallest absolute Gasteiger partial charge is 0.244 e. The second-order valence-corrected chi connectivity index (χ2v) is 7.72. The van der Waals surface area contributed by atoms with Gasteiger partial charge in [-0.2, -0.15) is 4.72 Å². The third kappa shape index (κ3) is 4.83. The van der Waals surface area contributed by atoms with E-state index in [1.807, 2.05) is 19.1 Å². The molecular weight excluding hydrogens is 352 g/mol. The van der Waals surface area contributed by atoms with Crippen molar-refractivity contribution in [3.05, 3.63) is 53.6 Å². The molecule has 0 unspecified atom stereocenters. The lowest BCUT2D eigenvalue weighted by Gasteiger charge is -2.16. The van der Waals surface area contributed by atoms with Crippen LogP contribution in [0.3, 0.4) is 0 Å². The molecule has 0 bridgehead atoms. The summed E-state index contributed by atoms with van der Waals surface area (Å²) in [5.41, 5.74) is 2.55. The highest BCUT2D eigenvalue weighted by Gasteiger charge is 2.25. The van der Waals surface area contributed by atoms with Crippen LogP contribution in [-0.4, -0.2) is 27.5 Å². The van der Waals surface area contributed by atoms with Crippen molar-refractivity contribution in [1.29, 1.82) is 0 Å². The number of aryl methyl sites for hydroxylation is 2. The molecule has 26 heavy (non-hydrogen) atoms. The van der Waals surface area contributed by atoms with E-state index in [-0.39, 0.29) is 10.6 Å². The SMILES string of the molecule is CCc1ccc(NC(=O)[C@H](C)NS(=O)(=O)c2cc(C)ccc2OC)cc1. The highest BCUT2D eigenvalue weighted by Crippen LogP contribution is 2.24. The Bertz CT molecular complexity index is 877. The normalized spacial score (nSPS) is 12.5. The fourth-order valence-corrected chi connectivity index (χ4v) is 3.87. The van der Waals surface area contributed by atoms with Crippen molar-refractivity contribution in [3.63, 3.8) is 0 Å². The van der Waals surface area contributed by atoms with Gasteiger partial charge < -0.3 is 10.1 Å². The summed E-state index contributed by atoms with van der Waals surface area (Å²) in [5.74, 6) is -0.213. The molecule has 0 spiro atoms. The molecule has 0 saturated heterocycles. The molecule has 0 aliphatic rings. The number of sulfonamides is 1. The molecule has 0 saturated carbocycles. The summed E-state index contributed by atoms with van der Waals surface area (Å²) in [5, 5.41) is 2.71. The number of carbonyl (C=O) groups is 1. The molecule has 1 atom stereocenters. The van der Waals surface area contributed by atoms with E-state index in [4.69, 9.17) is 4.74 Å². The maximum Gasteiger partial charge on any atom is 0.244 e. The van der Waals surface area contributed by atoms with Gasteiger partial charge in [-0.15, -0.1) is 0 Å². The van der Waals surface area contributed by atoms with Crippen LogP contribution in [0.25, 0.3) is 0 Å². The zero-order chi connectivity index (χ0) is 19.3. The molecule has 0 fully saturated rings. The average Bonchev–Trinajstić information content (AvgIpc) is 2.62. The Kier molecular flexibility index (Phi) is 6.39. The molecule has 2 aromatic carbocycles. The van der Waals surface area contributed by atoms with Crippen LogP contribution < -0.4 is 14.8 Å². The van der Waals surface area contributed by atoms with E-state index in [0.29, 0.717) is 5.69 Å². The minimum Gasteiger partial charge on any atom is -0.495 e. The van der Waals surface area contributed by atoms with Crippen molar-refractivity contribution in [1.82, 2.24) is 4.72 Å². The molecule has 0 aliphatic heterocycles. The van der Waals surface area contributed by atoms with Crippen molar-refractivity contribution in [2.75, 3.05) is 12.4 Å². The van der Waals surface area contributed by atoms with Crippen LogP contribution in [0.5, 0.6) is 5.75 Å². The highest BCUT2D eigenvalue weighted by molar-refractivity contribution is 7.89. The number of rotatable bonds is 7. The van der Waals surface area contributed by atoms with Gasteiger partial charge in [-0.1, -0.05) is 25.1 Å². The van der Waals surface area contributed by atoms with Gasteiger partial charge in [-0.3, -0.25) is 4.79 Å². The predicted molar refractivity (Wildman–Crippen MR) is 102 cm³/mol. The maximum atomic E-state index is 12.6. The molecule has 6 nitrogen and oxygen atoms in total. The molecule has 140 valence electrons. The number of amides is 1. The van der Waals surface area contributed by atoms with Crippen LogP contribution in [0.2, 0.25) is 0 Å². The van der Waals surface area contributed by atoms with Crippen molar-refractivity contribution >= 4 is 21.6 Å². The van der Waals surface area contributed by atoms with Gasteiger partial charge in [0.2, 0.25) is 15.9 Å². The van der Waals surface area contributed by atoms with Gasteiger partial charge in [0.05, 0.1) is 13.2 Å². The number of anilines is 1. The van der Waals surface area contributed by atoms with Crippen LogP contribution >= 0.6 is 0 Å². The third-order valence-corrected chi connectivity index (χ3v) is 5.53. The summed E-state index contributed by atoms with van der Waals surface area (Å²) in [6, 6.07) is 11.3. The lowest BCUT2D eigenvalue weighted by molar-refractivity contribution is -0.117. The number of hydrogen-bond acceptors (Lipinski definition) is 4. The molecule has 2 N–H and O–H groups in total. The Morgan fingerprint density at radius 3 is 2.38 bits per heavy atom. The summed E-state index contributed by atoms with van der Waals surface area (Å²) < 4.78 is 32.8. The maximum absolute atomic E-state index is 12.6. The zero-order valence-corrected chi connectivity index (χ0v) is 16.2. The molecule has 0 heterocycles. The zero-order valence-electron chi connectivity index (χ0n) is 15.4. The van der Waals surface area contributed by atoms with E-state index in [9.17, 15) is 13.2 Å². The first-order chi connectivity index (χ1) is 12.3. The van der Waals surface area contributed by atoms with Gasteiger partial charge >= 0.3 is 0 Å². The van der Waals surface area contributed by atoms with Gasteiger partial charge in [0.1, 0.15) is 10.6 Å². The number of nitrogens with one attached hydrogen (secondary N) is 2. The first-order valence-electron chi connectivity index (χ1n) is 8.33. The predicted octanol–water partition coefficient (Wildman–Crippen LogP) is 2.87. The second-order valence-electron chi connectivity index (χ2n) is 6.04. The quantitative estimate of drug-likeness (QED) is 0.778. The number of methoxy groups -OCH3 is 1. The third-order valence-electron chi connectivity index (χ3n) is 3.96. The highest BCUT2D eigenvalue weighted by atomic mass is 32.2. The van der Waals surface area contributed by atoms with E-state index < -0.39 is 22.0 Å². The lowest BCUT2D eigenvalue weighted by atomic mass is 10.1. The first kappa shape index (κ1) is 19.9. The molecule has 0 aromatic heterocycles. The van der Waals surface area contributed by atoms with E-state index in [2.05, 4.69) is 10.0 Å². The summed E-state index contributed by atoms with van der Waals surface area (Å²) in [7, 11) is -2.51. The number of carbonyl (C=O) groups excluding carboxylic acids is 1. The molecule has 0 aliphatic carbocycles. The van der Waals surface area contributed by atoms with Gasteiger partial charge in [-0.05, 0) is 55.7 Å². The minimum atomic E-state index is -3.91. The van der Waals surface area contributed by atoms with E-state index in [0.717, 1.165) is 17.5 Å². The lowest BCUT2D eigenvalue weighted by Crippen LogP contribution is -2.41. The molecule has 0 radical (unpaired) electrons.